The summed E-state index contributed by atoms with van der Waals surface area (Å²) in [4.78, 5) is 1.17. The van der Waals surface area contributed by atoms with E-state index in [0.29, 0.717) is 0 Å². The standard InChI is InChI=1S/C13H16N2OS/c14-12-5-4-10(15-6-2-7-16)9-11(12)13-3-1-8-17-13/h1,3-5,8-9,15-16H,2,6-7,14H2. The number of anilines is 2. The van der Waals surface area contributed by atoms with Gasteiger partial charge < -0.3 is 16.2 Å². The predicted octanol–water partition coefficient (Wildman–Crippen LogP) is 2.79. The Morgan fingerprint density at radius 2 is 2.18 bits per heavy atom. The number of benzene rings is 1. The highest BCUT2D eigenvalue weighted by molar-refractivity contribution is 7.13. The molecule has 0 amide bonds. The normalized spacial score (nSPS) is 10.4. The lowest BCUT2D eigenvalue weighted by Gasteiger charge is -2.09. The molecule has 0 aliphatic heterocycles. The van der Waals surface area contributed by atoms with Crippen LogP contribution in [0.25, 0.3) is 10.4 Å². The molecule has 1 aromatic heterocycles. The van der Waals surface area contributed by atoms with Gasteiger partial charge in [-0.1, -0.05) is 6.07 Å². The summed E-state index contributed by atoms with van der Waals surface area (Å²) in [5, 5.41) is 14.0. The maximum absolute atomic E-state index is 8.73. The molecule has 1 heterocycles. The summed E-state index contributed by atoms with van der Waals surface area (Å²) < 4.78 is 0. The molecule has 0 unspecified atom stereocenters. The zero-order chi connectivity index (χ0) is 12.1. The fourth-order valence-corrected chi connectivity index (χ4v) is 2.39. The summed E-state index contributed by atoms with van der Waals surface area (Å²) in [6, 6.07) is 10.0. The molecule has 0 saturated heterocycles. The minimum Gasteiger partial charge on any atom is -0.398 e. The van der Waals surface area contributed by atoms with E-state index in [-0.39, 0.29) is 6.61 Å². The van der Waals surface area contributed by atoms with E-state index >= 15 is 0 Å². The molecule has 0 aliphatic carbocycles. The van der Waals surface area contributed by atoms with Crippen molar-refractivity contribution in [2.24, 2.45) is 0 Å². The van der Waals surface area contributed by atoms with Gasteiger partial charge in [-0.2, -0.15) is 0 Å². The Bertz CT molecular complexity index is 468. The lowest BCUT2D eigenvalue weighted by molar-refractivity contribution is 0.292. The van der Waals surface area contributed by atoms with E-state index in [1.807, 2.05) is 23.6 Å². The molecule has 2 aromatic rings. The van der Waals surface area contributed by atoms with E-state index in [2.05, 4.69) is 17.4 Å². The minimum atomic E-state index is 0.208. The third-order valence-corrected chi connectivity index (χ3v) is 3.41. The summed E-state index contributed by atoms with van der Waals surface area (Å²) in [7, 11) is 0. The molecule has 0 spiro atoms. The number of nitrogen functional groups attached to an aromatic ring is 1. The number of nitrogens with one attached hydrogen (secondary N) is 1. The zero-order valence-corrected chi connectivity index (χ0v) is 10.3. The fraction of sp³-hybridized carbons (Fsp3) is 0.231. The van der Waals surface area contributed by atoms with Crippen molar-refractivity contribution in [1.82, 2.24) is 0 Å². The van der Waals surface area contributed by atoms with E-state index in [4.69, 9.17) is 10.8 Å². The van der Waals surface area contributed by atoms with E-state index in [0.717, 1.165) is 29.9 Å². The van der Waals surface area contributed by atoms with Gasteiger partial charge in [-0.25, -0.2) is 0 Å². The molecule has 3 nitrogen and oxygen atoms in total. The fourth-order valence-electron chi connectivity index (χ4n) is 1.62. The molecule has 17 heavy (non-hydrogen) atoms. The van der Waals surface area contributed by atoms with Gasteiger partial charge in [-0.15, -0.1) is 11.3 Å². The first-order valence-corrected chi connectivity index (χ1v) is 6.47. The van der Waals surface area contributed by atoms with Gasteiger partial charge in [-0.05, 0) is 36.1 Å². The van der Waals surface area contributed by atoms with E-state index < -0.39 is 0 Å². The molecular formula is C13H16N2OS. The Hall–Kier alpha value is -1.52. The van der Waals surface area contributed by atoms with Gasteiger partial charge in [0.15, 0.2) is 0 Å². The maximum Gasteiger partial charge on any atom is 0.0447 e. The van der Waals surface area contributed by atoms with Crippen molar-refractivity contribution in [3.63, 3.8) is 0 Å². The van der Waals surface area contributed by atoms with Gasteiger partial charge in [0.1, 0.15) is 0 Å². The van der Waals surface area contributed by atoms with Crippen molar-refractivity contribution in [1.29, 1.82) is 0 Å². The third kappa shape index (κ3) is 2.99. The van der Waals surface area contributed by atoms with Crippen LogP contribution >= 0.6 is 11.3 Å². The van der Waals surface area contributed by atoms with Crippen LogP contribution in [0.15, 0.2) is 35.7 Å². The third-order valence-electron chi connectivity index (χ3n) is 2.50. The second-order valence-corrected chi connectivity index (χ2v) is 4.73. The van der Waals surface area contributed by atoms with E-state index in [1.165, 1.54) is 4.88 Å². The quantitative estimate of drug-likeness (QED) is 0.563. The lowest BCUT2D eigenvalue weighted by atomic mass is 10.1. The van der Waals surface area contributed by atoms with E-state index in [1.54, 1.807) is 11.3 Å². The molecule has 4 N–H and O–H groups in total. The molecular weight excluding hydrogens is 232 g/mol. The van der Waals surface area contributed by atoms with E-state index in [9.17, 15) is 0 Å². The zero-order valence-electron chi connectivity index (χ0n) is 9.52. The molecule has 2 rings (SSSR count). The summed E-state index contributed by atoms with van der Waals surface area (Å²) in [5.74, 6) is 0. The molecule has 0 saturated carbocycles. The average molecular weight is 248 g/mol. The molecule has 0 atom stereocenters. The Balaban J connectivity index is 2.18. The van der Waals surface area contributed by atoms with Gasteiger partial charge in [0.2, 0.25) is 0 Å². The van der Waals surface area contributed by atoms with Crippen LogP contribution in [0, 0.1) is 0 Å². The van der Waals surface area contributed by atoms with Gasteiger partial charge in [0.05, 0.1) is 0 Å². The van der Waals surface area contributed by atoms with Gasteiger partial charge in [0, 0.05) is 35.0 Å². The van der Waals surface area contributed by atoms with Crippen molar-refractivity contribution in [3.05, 3.63) is 35.7 Å². The Labute approximate surface area is 105 Å². The van der Waals surface area contributed by atoms with Crippen LogP contribution in [-0.2, 0) is 0 Å². The van der Waals surface area contributed by atoms with Crippen molar-refractivity contribution in [3.8, 4) is 10.4 Å². The van der Waals surface area contributed by atoms with Crippen LogP contribution in [0.5, 0.6) is 0 Å². The summed E-state index contributed by atoms with van der Waals surface area (Å²) >= 11 is 1.68. The van der Waals surface area contributed by atoms with Crippen LogP contribution in [0.2, 0.25) is 0 Å². The second-order valence-electron chi connectivity index (χ2n) is 3.78. The number of hydrogen-bond acceptors (Lipinski definition) is 4. The molecule has 1 aromatic carbocycles. The highest BCUT2D eigenvalue weighted by Gasteiger charge is 2.04. The topological polar surface area (TPSA) is 58.3 Å². The summed E-state index contributed by atoms with van der Waals surface area (Å²) in [6.07, 6.45) is 0.749. The average Bonchev–Trinajstić information content (AvgIpc) is 2.85. The largest absolute Gasteiger partial charge is 0.398 e. The van der Waals surface area contributed by atoms with Gasteiger partial charge in [0.25, 0.3) is 0 Å². The first kappa shape index (κ1) is 12.0. The molecule has 0 fully saturated rings. The predicted molar refractivity (Wildman–Crippen MR) is 74.4 cm³/mol. The van der Waals surface area contributed by atoms with Gasteiger partial charge in [-0.3, -0.25) is 0 Å². The molecule has 90 valence electrons. The van der Waals surface area contributed by atoms with Crippen LogP contribution in [0.1, 0.15) is 6.42 Å². The number of thiophene rings is 1. The summed E-state index contributed by atoms with van der Waals surface area (Å²) in [6.45, 7) is 0.976. The molecule has 0 bridgehead atoms. The Kier molecular flexibility index (Phi) is 4.01. The van der Waals surface area contributed by atoms with Crippen LogP contribution in [0.3, 0.4) is 0 Å². The van der Waals surface area contributed by atoms with Crippen molar-refractivity contribution in [2.45, 2.75) is 6.42 Å². The SMILES string of the molecule is Nc1ccc(NCCCO)cc1-c1cccs1. The number of hydrogen-bond donors (Lipinski definition) is 3. The number of aliphatic hydroxyl groups is 1. The monoisotopic (exact) mass is 248 g/mol. The highest BCUT2D eigenvalue weighted by atomic mass is 32.1. The lowest BCUT2D eigenvalue weighted by Crippen LogP contribution is -2.03. The molecule has 0 radical (unpaired) electrons. The number of nitrogens with two attached hydrogens (primary N) is 1. The Morgan fingerprint density at radius 3 is 2.88 bits per heavy atom. The van der Waals surface area contributed by atoms with Crippen molar-refractivity contribution < 1.29 is 5.11 Å². The first-order chi connectivity index (χ1) is 8.31. The molecule has 4 heteroatoms. The van der Waals surface area contributed by atoms with Crippen LogP contribution < -0.4 is 11.1 Å². The summed E-state index contributed by atoms with van der Waals surface area (Å²) in [5.41, 5.74) is 8.87. The highest BCUT2D eigenvalue weighted by Crippen LogP contribution is 2.31. The molecule has 0 aliphatic rings. The van der Waals surface area contributed by atoms with Crippen molar-refractivity contribution in [2.75, 3.05) is 24.2 Å². The van der Waals surface area contributed by atoms with Crippen molar-refractivity contribution >= 4 is 22.7 Å². The van der Waals surface area contributed by atoms with Crippen LogP contribution in [0.4, 0.5) is 11.4 Å². The maximum atomic E-state index is 8.73. The first-order valence-electron chi connectivity index (χ1n) is 5.59. The Morgan fingerprint density at radius 1 is 1.29 bits per heavy atom. The minimum absolute atomic E-state index is 0.208. The number of rotatable bonds is 5. The van der Waals surface area contributed by atoms with Gasteiger partial charge >= 0.3 is 0 Å². The van der Waals surface area contributed by atoms with Crippen LogP contribution in [-0.4, -0.2) is 18.3 Å². The number of aliphatic hydroxyl groups excluding tert-OH is 1. The smallest absolute Gasteiger partial charge is 0.0447 e. The second kappa shape index (κ2) is 5.70.